The summed E-state index contributed by atoms with van der Waals surface area (Å²) in [5, 5.41) is 3.05. The Balaban J connectivity index is 2.06. The number of hydrogen-bond donors (Lipinski definition) is 1. The number of benzene rings is 1. The summed E-state index contributed by atoms with van der Waals surface area (Å²) in [5.74, 6) is -2.66. The van der Waals surface area contributed by atoms with Gasteiger partial charge in [-0.15, -0.1) is 5.06 Å². The first kappa shape index (κ1) is 16.7. The van der Waals surface area contributed by atoms with E-state index in [2.05, 4.69) is 5.32 Å². The molecule has 0 saturated carbocycles. The van der Waals surface area contributed by atoms with Gasteiger partial charge in [-0.05, 0) is 18.1 Å². The van der Waals surface area contributed by atoms with E-state index < -0.39 is 29.7 Å². The predicted octanol–water partition coefficient (Wildman–Crippen LogP) is 1.05. The summed E-state index contributed by atoms with van der Waals surface area (Å²) in [5.41, 5.74) is 0.402. The zero-order valence-electron chi connectivity index (χ0n) is 12.9. The van der Waals surface area contributed by atoms with Crippen LogP contribution in [0.5, 0.6) is 0 Å². The first-order valence-corrected chi connectivity index (χ1v) is 7.33. The first-order valence-electron chi connectivity index (χ1n) is 7.33. The van der Waals surface area contributed by atoms with Crippen LogP contribution in [0.25, 0.3) is 0 Å². The van der Waals surface area contributed by atoms with Crippen molar-refractivity contribution in [1.82, 2.24) is 10.4 Å². The van der Waals surface area contributed by atoms with Crippen molar-refractivity contribution in [2.24, 2.45) is 5.92 Å². The smallest absolute Gasteiger partial charge is 0.338 e. The highest BCUT2D eigenvalue weighted by Gasteiger charge is 2.36. The Kier molecular flexibility index (Phi) is 5.10. The van der Waals surface area contributed by atoms with Crippen LogP contribution in [0.2, 0.25) is 0 Å². The summed E-state index contributed by atoms with van der Waals surface area (Å²) in [6.07, 6.45) is 0.0453. The maximum atomic E-state index is 12.2. The fraction of sp³-hybridized carbons (Fsp3) is 0.375. The van der Waals surface area contributed by atoms with Gasteiger partial charge >= 0.3 is 5.97 Å². The lowest BCUT2D eigenvalue weighted by Gasteiger charge is -2.22. The Hall–Kier alpha value is -2.70. The van der Waals surface area contributed by atoms with E-state index in [0.29, 0.717) is 10.6 Å². The zero-order chi connectivity index (χ0) is 17.0. The predicted molar refractivity (Wildman–Crippen MR) is 79.7 cm³/mol. The zero-order valence-corrected chi connectivity index (χ0v) is 12.9. The summed E-state index contributed by atoms with van der Waals surface area (Å²) in [6, 6.07) is 7.45. The van der Waals surface area contributed by atoms with Crippen molar-refractivity contribution in [3.05, 3.63) is 35.9 Å². The highest BCUT2D eigenvalue weighted by atomic mass is 16.7. The molecule has 1 aliphatic rings. The van der Waals surface area contributed by atoms with Crippen molar-refractivity contribution in [2.45, 2.75) is 32.7 Å². The van der Waals surface area contributed by atoms with Gasteiger partial charge in [0.1, 0.15) is 6.04 Å². The lowest BCUT2D eigenvalue weighted by molar-refractivity contribution is -0.199. The highest BCUT2D eigenvalue weighted by Crippen LogP contribution is 2.14. The molecule has 1 atom stereocenters. The van der Waals surface area contributed by atoms with Gasteiger partial charge in [0.2, 0.25) is 0 Å². The number of nitrogens with one attached hydrogen (secondary N) is 1. The van der Waals surface area contributed by atoms with Crippen LogP contribution in [0.4, 0.5) is 0 Å². The second kappa shape index (κ2) is 7.04. The van der Waals surface area contributed by atoms with Crippen LogP contribution in [0.15, 0.2) is 30.3 Å². The van der Waals surface area contributed by atoms with Gasteiger partial charge in [-0.2, -0.15) is 0 Å². The number of hydroxylamine groups is 2. The van der Waals surface area contributed by atoms with Crippen molar-refractivity contribution < 1.29 is 24.0 Å². The molecule has 1 N–H and O–H groups in total. The summed E-state index contributed by atoms with van der Waals surface area (Å²) in [6.45, 7) is 3.45. The van der Waals surface area contributed by atoms with Gasteiger partial charge in [0.05, 0.1) is 0 Å². The molecule has 0 spiro atoms. The molecule has 7 nitrogen and oxygen atoms in total. The molecule has 1 aliphatic heterocycles. The third-order valence-corrected chi connectivity index (χ3v) is 3.43. The van der Waals surface area contributed by atoms with E-state index in [4.69, 9.17) is 4.84 Å². The van der Waals surface area contributed by atoms with Crippen LogP contribution < -0.4 is 5.32 Å². The summed E-state index contributed by atoms with van der Waals surface area (Å²) in [7, 11) is 0. The molecule has 1 heterocycles. The molecule has 23 heavy (non-hydrogen) atoms. The number of carbonyl (C=O) groups excluding carboxylic acids is 4. The topological polar surface area (TPSA) is 92.8 Å². The van der Waals surface area contributed by atoms with Gasteiger partial charge in [-0.1, -0.05) is 32.0 Å². The highest BCUT2D eigenvalue weighted by molar-refractivity contribution is 6.02. The van der Waals surface area contributed by atoms with Gasteiger partial charge in [-0.3, -0.25) is 14.4 Å². The third kappa shape index (κ3) is 3.94. The van der Waals surface area contributed by atoms with E-state index >= 15 is 0 Å². The second-order valence-electron chi connectivity index (χ2n) is 5.55. The maximum Gasteiger partial charge on any atom is 0.355 e. The largest absolute Gasteiger partial charge is 0.355 e. The van der Waals surface area contributed by atoms with E-state index in [9.17, 15) is 19.2 Å². The normalized spacial score (nSPS) is 15.7. The number of rotatable bonds is 5. The van der Waals surface area contributed by atoms with E-state index in [1.165, 1.54) is 0 Å². The molecular weight excluding hydrogens is 300 g/mol. The average molecular weight is 318 g/mol. The fourth-order valence-electron chi connectivity index (χ4n) is 2.12. The fourth-order valence-corrected chi connectivity index (χ4v) is 2.12. The number of imide groups is 1. The molecule has 7 heteroatoms. The molecule has 0 unspecified atom stereocenters. The number of carbonyl (C=O) groups is 4. The van der Waals surface area contributed by atoms with Gasteiger partial charge in [-0.25, -0.2) is 4.79 Å². The van der Waals surface area contributed by atoms with Crippen molar-refractivity contribution in [2.75, 3.05) is 0 Å². The SMILES string of the molecule is CC(C)[C@H](NC(=O)c1ccccc1)C(=O)ON1C(=O)CCC1=O. The number of hydrogen-bond acceptors (Lipinski definition) is 5. The molecule has 1 aromatic carbocycles. The Bertz CT molecular complexity index is 611. The Morgan fingerprint density at radius 2 is 1.65 bits per heavy atom. The average Bonchev–Trinajstić information content (AvgIpc) is 2.84. The minimum Gasteiger partial charge on any atom is -0.338 e. The van der Waals surface area contributed by atoms with Crippen LogP contribution in [-0.2, 0) is 19.2 Å². The molecule has 1 fully saturated rings. The molecule has 0 aromatic heterocycles. The van der Waals surface area contributed by atoms with E-state index in [0.717, 1.165) is 0 Å². The molecule has 0 bridgehead atoms. The van der Waals surface area contributed by atoms with Crippen molar-refractivity contribution in [3.8, 4) is 0 Å². The molecule has 0 radical (unpaired) electrons. The van der Waals surface area contributed by atoms with Crippen LogP contribution in [-0.4, -0.2) is 34.8 Å². The van der Waals surface area contributed by atoms with Gasteiger partial charge in [0, 0.05) is 18.4 Å². The maximum absolute atomic E-state index is 12.2. The summed E-state index contributed by atoms with van der Waals surface area (Å²) >= 11 is 0. The Morgan fingerprint density at radius 1 is 1.09 bits per heavy atom. The quantitative estimate of drug-likeness (QED) is 0.819. The lowest BCUT2D eigenvalue weighted by Crippen LogP contribution is -2.48. The molecule has 0 aliphatic carbocycles. The Morgan fingerprint density at radius 3 is 2.17 bits per heavy atom. The molecular formula is C16H18N2O5. The number of amides is 3. The van der Waals surface area contributed by atoms with Crippen LogP contribution in [0, 0.1) is 5.92 Å². The van der Waals surface area contributed by atoms with Crippen molar-refractivity contribution in [3.63, 3.8) is 0 Å². The monoisotopic (exact) mass is 318 g/mol. The summed E-state index contributed by atoms with van der Waals surface area (Å²) in [4.78, 5) is 52.2. The van der Waals surface area contributed by atoms with Gasteiger partial charge < -0.3 is 10.2 Å². The van der Waals surface area contributed by atoms with E-state index in [-0.39, 0.29) is 18.8 Å². The van der Waals surface area contributed by atoms with Crippen molar-refractivity contribution >= 4 is 23.7 Å². The molecule has 3 amide bonds. The third-order valence-electron chi connectivity index (χ3n) is 3.43. The van der Waals surface area contributed by atoms with Crippen LogP contribution in [0.3, 0.4) is 0 Å². The lowest BCUT2D eigenvalue weighted by atomic mass is 10.0. The van der Waals surface area contributed by atoms with Gasteiger partial charge in [0.15, 0.2) is 0 Å². The Labute approximate surface area is 133 Å². The van der Waals surface area contributed by atoms with E-state index in [1.807, 2.05) is 0 Å². The molecule has 1 saturated heterocycles. The minimum absolute atomic E-state index is 0.0227. The standard InChI is InChI=1S/C16H18N2O5/c1-10(2)14(17-15(21)11-6-4-3-5-7-11)16(22)23-18-12(19)8-9-13(18)20/h3-7,10,14H,8-9H2,1-2H3,(H,17,21)/t14-/m0/s1. The van der Waals surface area contributed by atoms with Crippen molar-refractivity contribution in [1.29, 1.82) is 0 Å². The molecule has 1 aromatic rings. The summed E-state index contributed by atoms with van der Waals surface area (Å²) < 4.78 is 0. The minimum atomic E-state index is -0.969. The molecule has 122 valence electrons. The first-order chi connectivity index (χ1) is 10.9. The van der Waals surface area contributed by atoms with Crippen LogP contribution >= 0.6 is 0 Å². The number of nitrogens with zero attached hydrogens (tertiary/aromatic N) is 1. The van der Waals surface area contributed by atoms with E-state index in [1.54, 1.807) is 44.2 Å². The second-order valence-corrected chi connectivity index (χ2v) is 5.55. The van der Waals surface area contributed by atoms with Gasteiger partial charge in [0.25, 0.3) is 17.7 Å². The van der Waals surface area contributed by atoms with Crippen LogP contribution in [0.1, 0.15) is 37.0 Å². The molecule has 2 rings (SSSR count).